The van der Waals surface area contributed by atoms with Crippen molar-refractivity contribution in [1.29, 1.82) is 0 Å². The lowest BCUT2D eigenvalue weighted by Crippen LogP contribution is -2.27. The molecule has 0 aliphatic rings. The Bertz CT molecular complexity index is 946. The van der Waals surface area contributed by atoms with Gasteiger partial charge in [0.05, 0.1) is 23.1 Å². The van der Waals surface area contributed by atoms with E-state index in [1.807, 2.05) is 0 Å². The van der Waals surface area contributed by atoms with Crippen LogP contribution in [0, 0.1) is 0 Å². The highest BCUT2D eigenvalue weighted by Gasteiger charge is 2.30. The van der Waals surface area contributed by atoms with E-state index in [2.05, 4.69) is 0 Å². The van der Waals surface area contributed by atoms with Gasteiger partial charge in [-0.25, -0.2) is 13.2 Å². The average Bonchev–Trinajstić information content (AvgIpc) is 2.63. The predicted octanol–water partition coefficient (Wildman–Crippen LogP) is 4.05. The third-order valence-electron chi connectivity index (χ3n) is 3.71. The molecule has 5 nitrogen and oxygen atoms in total. The lowest BCUT2D eigenvalue weighted by Gasteiger charge is -2.19. The number of sulfonamides is 1. The lowest BCUT2D eigenvalue weighted by atomic mass is 10.2. The van der Waals surface area contributed by atoms with Gasteiger partial charge >= 0.3 is 12.1 Å². The molecule has 0 aromatic heterocycles. The second kappa shape index (κ2) is 8.87. The van der Waals surface area contributed by atoms with Crippen molar-refractivity contribution in [3.63, 3.8) is 0 Å². The van der Waals surface area contributed by atoms with Crippen molar-refractivity contribution in [2.45, 2.75) is 11.1 Å². The van der Waals surface area contributed by atoms with Gasteiger partial charge in [-0.3, -0.25) is 4.31 Å². The Hall–Kier alpha value is -2.20. The van der Waals surface area contributed by atoms with Crippen LogP contribution in [-0.2, 0) is 20.9 Å². The van der Waals surface area contributed by atoms with Crippen molar-refractivity contribution in [3.05, 3.63) is 59.7 Å². The number of benzene rings is 2. The summed E-state index contributed by atoms with van der Waals surface area (Å²) in [5.41, 5.74) is -0.479. The molecule has 0 atom stereocenters. The van der Waals surface area contributed by atoms with Crippen LogP contribution in [0.3, 0.4) is 0 Å². The molecular formula is C18H18F3NO4S2. The summed E-state index contributed by atoms with van der Waals surface area (Å²) in [6.07, 6.45) is -3.40. The summed E-state index contributed by atoms with van der Waals surface area (Å²) < 4.78 is 67.7. The standard InChI is InChI=1S/C18H18F3NO4S2/c1-22(28(2,24)25)16-9-4-3-8-15(16)17(23)26-10-11-27-14-7-5-6-13(12-14)18(19,20)21/h3-9,12H,10-11H2,1-2H3. The summed E-state index contributed by atoms with van der Waals surface area (Å²) in [5, 5.41) is 0. The lowest BCUT2D eigenvalue weighted by molar-refractivity contribution is -0.137. The first kappa shape index (κ1) is 22.1. The highest BCUT2D eigenvalue weighted by molar-refractivity contribution is 7.99. The van der Waals surface area contributed by atoms with Gasteiger partial charge in [0.1, 0.15) is 6.61 Å². The Balaban J connectivity index is 1.97. The van der Waals surface area contributed by atoms with Gasteiger partial charge in [0.2, 0.25) is 10.0 Å². The van der Waals surface area contributed by atoms with Gasteiger partial charge in [0.25, 0.3) is 0 Å². The fraction of sp³-hybridized carbons (Fsp3) is 0.278. The molecule has 2 aromatic carbocycles. The van der Waals surface area contributed by atoms with Gasteiger partial charge < -0.3 is 4.74 Å². The number of thioether (sulfide) groups is 1. The fourth-order valence-corrected chi connectivity index (χ4v) is 3.54. The molecule has 152 valence electrons. The Kier molecular flexibility index (Phi) is 7.00. The van der Waals surface area contributed by atoms with Gasteiger partial charge in [-0.05, 0) is 30.3 Å². The van der Waals surface area contributed by atoms with Gasteiger partial charge in [0, 0.05) is 17.7 Å². The molecule has 28 heavy (non-hydrogen) atoms. The predicted molar refractivity (Wildman–Crippen MR) is 102 cm³/mol. The maximum atomic E-state index is 12.7. The van der Waals surface area contributed by atoms with Crippen LogP contribution in [0.4, 0.5) is 18.9 Å². The smallest absolute Gasteiger partial charge is 0.416 e. The molecule has 2 rings (SSSR count). The third kappa shape index (κ3) is 5.90. The van der Waals surface area contributed by atoms with Gasteiger partial charge in [-0.1, -0.05) is 18.2 Å². The number of ether oxygens (including phenoxy) is 1. The Morgan fingerprint density at radius 2 is 1.82 bits per heavy atom. The second-order valence-corrected chi connectivity index (χ2v) is 8.94. The maximum Gasteiger partial charge on any atom is 0.416 e. The van der Waals surface area contributed by atoms with Crippen molar-refractivity contribution < 1.29 is 31.1 Å². The number of anilines is 1. The molecule has 0 heterocycles. The van der Waals surface area contributed by atoms with E-state index in [1.54, 1.807) is 12.1 Å². The molecule has 0 amide bonds. The van der Waals surface area contributed by atoms with E-state index in [4.69, 9.17) is 4.74 Å². The normalized spacial score (nSPS) is 11.9. The van der Waals surface area contributed by atoms with Crippen molar-refractivity contribution in [2.75, 3.05) is 30.0 Å². The van der Waals surface area contributed by atoms with Crippen molar-refractivity contribution >= 4 is 33.4 Å². The van der Waals surface area contributed by atoms with Crippen molar-refractivity contribution in [2.24, 2.45) is 0 Å². The number of rotatable bonds is 7. The maximum absolute atomic E-state index is 12.7. The number of alkyl halides is 3. The number of carbonyl (C=O) groups excluding carboxylic acids is 1. The van der Waals surface area contributed by atoms with Gasteiger partial charge in [-0.15, -0.1) is 11.8 Å². The van der Waals surface area contributed by atoms with Crippen LogP contribution in [-0.4, -0.2) is 40.1 Å². The SMILES string of the molecule is CN(c1ccccc1C(=O)OCCSc1cccc(C(F)(F)F)c1)S(C)(=O)=O. The molecule has 0 unspecified atom stereocenters. The summed E-state index contributed by atoms with van der Waals surface area (Å²) in [6.45, 7) is -0.0450. The van der Waals surface area contributed by atoms with Crippen LogP contribution in [0.5, 0.6) is 0 Å². The van der Waals surface area contributed by atoms with Crippen LogP contribution in [0.15, 0.2) is 53.4 Å². The van der Waals surface area contributed by atoms with Gasteiger partial charge in [0.15, 0.2) is 0 Å². The highest BCUT2D eigenvalue weighted by atomic mass is 32.2. The average molecular weight is 433 g/mol. The summed E-state index contributed by atoms with van der Waals surface area (Å²) in [7, 11) is -2.24. The number of halogens is 3. The van der Waals surface area contributed by atoms with E-state index in [0.717, 1.165) is 34.5 Å². The zero-order valence-corrected chi connectivity index (χ0v) is 16.7. The minimum atomic E-state index is -4.42. The van der Waals surface area contributed by atoms with Crippen LogP contribution < -0.4 is 4.31 Å². The first-order valence-electron chi connectivity index (χ1n) is 8.00. The summed E-state index contributed by atoms with van der Waals surface area (Å²) in [5.74, 6) is -0.465. The molecular weight excluding hydrogens is 415 g/mol. The van der Waals surface area contributed by atoms with Crippen molar-refractivity contribution in [3.8, 4) is 0 Å². The molecule has 0 bridgehead atoms. The van der Waals surface area contributed by atoms with E-state index in [0.29, 0.717) is 4.90 Å². The second-order valence-electron chi connectivity index (χ2n) is 5.76. The summed E-state index contributed by atoms with van der Waals surface area (Å²) >= 11 is 1.12. The number of nitrogens with zero attached hydrogens (tertiary/aromatic N) is 1. The molecule has 0 aliphatic carbocycles. The number of esters is 1. The first-order valence-corrected chi connectivity index (χ1v) is 10.8. The van der Waals surface area contributed by atoms with Gasteiger partial charge in [-0.2, -0.15) is 13.2 Å². The van der Waals surface area contributed by atoms with Crippen molar-refractivity contribution in [1.82, 2.24) is 0 Å². The summed E-state index contributed by atoms with van der Waals surface area (Å²) in [6, 6.07) is 11.0. The molecule has 2 aromatic rings. The monoisotopic (exact) mass is 433 g/mol. The Morgan fingerprint density at radius 1 is 1.14 bits per heavy atom. The van der Waals surface area contributed by atoms with E-state index < -0.39 is 27.7 Å². The number of hydrogen-bond donors (Lipinski definition) is 0. The largest absolute Gasteiger partial charge is 0.461 e. The molecule has 0 radical (unpaired) electrons. The first-order chi connectivity index (χ1) is 13.0. The molecule has 0 fully saturated rings. The molecule has 10 heteroatoms. The van der Waals surface area contributed by atoms with E-state index >= 15 is 0 Å². The molecule has 0 saturated heterocycles. The zero-order valence-electron chi connectivity index (χ0n) is 15.1. The number of hydrogen-bond acceptors (Lipinski definition) is 5. The minimum absolute atomic E-state index is 0.0450. The molecule has 0 spiro atoms. The van der Waals surface area contributed by atoms with E-state index in [9.17, 15) is 26.4 Å². The minimum Gasteiger partial charge on any atom is -0.461 e. The third-order valence-corrected chi connectivity index (χ3v) is 5.86. The Morgan fingerprint density at radius 3 is 2.46 bits per heavy atom. The van der Waals surface area contributed by atoms with E-state index in [-0.39, 0.29) is 23.6 Å². The topological polar surface area (TPSA) is 63.7 Å². The van der Waals surface area contributed by atoms with Crippen LogP contribution in [0.2, 0.25) is 0 Å². The van der Waals surface area contributed by atoms with E-state index in [1.165, 1.54) is 31.3 Å². The molecule has 0 saturated carbocycles. The fourth-order valence-electron chi connectivity index (χ4n) is 2.23. The summed E-state index contributed by atoms with van der Waals surface area (Å²) in [4.78, 5) is 12.7. The number of para-hydroxylation sites is 1. The molecule has 0 N–H and O–H groups in total. The van der Waals surface area contributed by atoms with Crippen LogP contribution >= 0.6 is 11.8 Å². The highest BCUT2D eigenvalue weighted by Crippen LogP contribution is 2.31. The quantitative estimate of drug-likeness (QED) is 0.375. The van der Waals surface area contributed by atoms with Crippen LogP contribution in [0.25, 0.3) is 0 Å². The van der Waals surface area contributed by atoms with Crippen LogP contribution in [0.1, 0.15) is 15.9 Å². The number of carbonyl (C=O) groups is 1. The molecule has 0 aliphatic heterocycles. The Labute approximate surface area is 165 Å². The zero-order chi connectivity index (χ0) is 20.9.